The topological polar surface area (TPSA) is 157 Å². The van der Waals surface area contributed by atoms with Gasteiger partial charge in [-0.25, -0.2) is 17.9 Å². The normalized spacial score (nSPS) is 11.9. The monoisotopic (exact) mass is 495 g/mol. The van der Waals surface area contributed by atoms with Crippen molar-refractivity contribution in [3.05, 3.63) is 50.7 Å². The molecule has 0 spiro atoms. The van der Waals surface area contributed by atoms with E-state index in [-0.39, 0.29) is 47.0 Å². The molecule has 1 aromatic heterocycles. The number of anilines is 2. The Morgan fingerprint density at radius 1 is 1.18 bits per heavy atom. The fraction of sp³-hybridized carbons (Fsp3) is 0.500. The molecule has 1 amide bonds. The molecule has 2 aromatic rings. The van der Waals surface area contributed by atoms with Crippen LogP contribution in [0.4, 0.5) is 11.5 Å². The first kappa shape index (κ1) is 27.3. The van der Waals surface area contributed by atoms with Crippen molar-refractivity contribution >= 4 is 27.4 Å². The summed E-state index contributed by atoms with van der Waals surface area (Å²) in [6.07, 6.45) is 0.398. The number of hydrogen-bond donors (Lipinski definition) is 3. The molecule has 0 aliphatic rings. The van der Waals surface area contributed by atoms with Crippen LogP contribution in [0.15, 0.2) is 38.8 Å². The van der Waals surface area contributed by atoms with Gasteiger partial charge in [-0.2, -0.15) is 0 Å². The minimum absolute atomic E-state index is 0.00604. The maximum absolute atomic E-state index is 13.4. The smallest absolute Gasteiger partial charge is 0.330 e. The quantitative estimate of drug-likeness (QED) is 0.395. The van der Waals surface area contributed by atoms with E-state index >= 15 is 0 Å². The zero-order chi connectivity index (χ0) is 25.6. The van der Waals surface area contributed by atoms with E-state index in [1.807, 2.05) is 13.8 Å². The summed E-state index contributed by atoms with van der Waals surface area (Å²) < 4.78 is 33.5. The summed E-state index contributed by atoms with van der Waals surface area (Å²) in [6.45, 7) is 7.86. The first-order valence-electron chi connectivity index (χ1n) is 10.9. The molecule has 1 aromatic carbocycles. The average molecular weight is 496 g/mol. The Kier molecular flexibility index (Phi) is 9.19. The lowest BCUT2D eigenvalue weighted by atomic mass is 10.1. The van der Waals surface area contributed by atoms with Crippen LogP contribution < -0.4 is 26.6 Å². The first-order chi connectivity index (χ1) is 15.9. The molecule has 0 saturated carbocycles. The number of sulfonamides is 1. The zero-order valence-corrected chi connectivity index (χ0v) is 20.9. The van der Waals surface area contributed by atoms with Gasteiger partial charge in [-0.05, 0) is 50.5 Å². The number of nitrogen functional groups attached to an aromatic ring is 1. The van der Waals surface area contributed by atoms with E-state index < -0.39 is 27.2 Å². The fourth-order valence-electron chi connectivity index (χ4n) is 3.38. The molecule has 0 aliphatic heterocycles. The van der Waals surface area contributed by atoms with Gasteiger partial charge in [-0.3, -0.25) is 19.1 Å². The maximum atomic E-state index is 13.4. The molecule has 11 nitrogen and oxygen atoms in total. The van der Waals surface area contributed by atoms with Crippen molar-refractivity contribution in [3.8, 4) is 0 Å². The standard InChI is InChI=1S/C22H33N5O6S/c1-14(2)13-27-19(23)18(20(28)24-22(27)30)26(11-6-12-33-5)21(29)16-7-9-17(10-8-16)34(31,32)25-15(3)4/h7-10,14-15,25H,6,11-13,23H2,1-5H3,(H,24,28,30). The number of rotatable bonds is 11. The molecule has 0 unspecified atom stereocenters. The minimum atomic E-state index is -3.73. The molecule has 0 saturated heterocycles. The van der Waals surface area contributed by atoms with Crippen LogP contribution in [0.3, 0.4) is 0 Å². The summed E-state index contributed by atoms with van der Waals surface area (Å²) in [5, 5.41) is 0. The van der Waals surface area contributed by atoms with Gasteiger partial charge < -0.3 is 15.4 Å². The van der Waals surface area contributed by atoms with Gasteiger partial charge in [0.15, 0.2) is 5.69 Å². The predicted octanol–water partition coefficient (Wildman–Crippen LogP) is 1.14. The third-order valence-electron chi connectivity index (χ3n) is 4.81. The lowest BCUT2D eigenvalue weighted by molar-refractivity contribution is 0.0983. The van der Waals surface area contributed by atoms with Crippen LogP contribution in [0.5, 0.6) is 0 Å². The van der Waals surface area contributed by atoms with Crippen LogP contribution >= 0.6 is 0 Å². The largest absolute Gasteiger partial charge is 0.385 e. The number of nitrogens with zero attached hydrogens (tertiary/aromatic N) is 2. The second-order valence-corrected chi connectivity index (χ2v) is 10.3. The van der Waals surface area contributed by atoms with E-state index in [2.05, 4.69) is 9.71 Å². The second kappa shape index (κ2) is 11.4. The third-order valence-corrected chi connectivity index (χ3v) is 6.48. The summed E-state index contributed by atoms with van der Waals surface area (Å²) in [5.74, 6) is -0.622. The van der Waals surface area contributed by atoms with Crippen LogP contribution in [-0.2, 0) is 21.3 Å². The molecule has 4 N–H and O–H groups in total. The Bertz CT molecular complexity index is 1220. The van der Waals surface area contributed by atoms with Crippen molar-refractivity contribution in [3.63, 3.8) is 0 Å². The molecule has 0 fully saturated rings. The number of ether oxygens (including phenoxy) is 1. The predicted molar refractivity (Wildman–Crippen MR) is 131 cm³/mol. The highest BCUT2D eigenvalue weighted by Gasteiger charge is 2.26. The van der Waals surface area contributed by atoms with Crippen molar-refractivity contribution in [2.75, 3.05) is 30.9 Å². The molecular formula is C22H33N5O6S. The number of aromatic nitrogens is 2. The van der Waals surface area contributed by atoms with Gasteiger partial charge in [-0.15, -0.1) is 0 Å². The Morgan fingerprint density at radius 3 is 2.32 bits per heavy atom. The van der Waals surface area contributed by atoms with E-state index in [0.717, 1.165) is 0 Å². The molecule has 0 aliphatic carbocycles. The highest BCUT2D eigenvalue weighted by molar-refractivity contribution is 7.89. The molecule has 2 rings (SSSR count). The summed E-state index contributed by atoms with van der Waals surface area (Å²) in [7, 11) is -2.22. The zero-order valence-electron chi connectivity index (χ0n) is 20.1. The lowest BCUT2D eigenvalue weighted by Crippen LogP contribution is -2.42. The molecule has 0 bridgehead atoms. The summed E-state index contributed by atoms with van der Waals surface area (Å²) in [6, 6.07) is 5.08. The lowest BCUT2D eigenvalue weighted by Gasteiger charge is -2.25. The average Bonchev–Trinajstić information content (AvgIpc) is 2.74. The second-order valence-electron chi connectivity index (χ2n) is 8.60. The number of methoxy groups -OCH3 is 1. The number of nitrogens with two attached hydrogens (primary N) is 1. The Labute approximate surface area is 199 Å². The number of amides is 1. The Morgan fingerprint density at radius 2 is 1.79 bits per heavy atom. The SMILES string of the molecule is COCCCN(C(=O)c1ccc(S(=O)(=O)NC(C)C)cc1)c1c(N)n(CC(C)C)c(=O)[nH]c1=O. The van der Waals surface area contributed by atoms with Gasteiger partial charge >= 0.3 is 5.69 Å². The van der Waals surface area contributed by atoms with E-state index in [0.29, 0.717) is 13.0 Å². The summed E-state index contributed by atoms with van der Waals surface area (Å²) >= 11 is 0. The molecule has 34 heavy (non-hydrogen) atoms. The molecule has 188 valence electrons. The van der Waals surface area contributed by atoms with Crippen LogP contribution in [0.2, 0.25) is 0 Å². The minimum Gasteiger partial charge on any atom is -0.385 e. The van der Waals surface area contributed by atoms with E-state index in [9.17, 15) is 22.8 Å². The molecular weight excluding hydrogens is 462 g/mol. The summed E-state index contributed by atoms with van der Waals surface area (Å²) in [5.41, 5.74) is 4.79. The third kappa shape index (κ3) is 6.55. The molecule has 0 atom stereocenters. The molecule has 12 heteroatoms. The van der Waals surface area contributed by atoms with E-state index in [1.165, 1.54) is 40.8 Å². The summed E-state index contributed by atoms with van der Waals surface area (Å²) in [4.78, 5) is 41.9. The highest BCUT2D eigenvalue weighted by Crippen LogP contribution is 2.21. The van der Waals surface area contributed by atoms with Gasteiger partial charge in [0.05, 0.1) is 4.90 Å². The van der Waals surface area contributed by atoms with Crippen molar-refractivity contribution < 1.29 is 17.9 Å². The highest BCUT2D eigenvalue weighted by atomic mass is 32.2. The number of H-pyrrole nitrogens is 1. The van der Waals surface area contributed by atoms with Crippen LogP contribution in [0, 0.1) is 5.92 Å². The first-order valence-corrected chi connectivity index (χ1v) is 12.4. The van der Waals surface area contributed by atoms with E-state index in [4.69, 9.17) is 10.5 Å². The van der Waals surface area contributed by atoms with Crippen LogP contribution in [0.1, 0.15) is 44.5 Å². The number of aromatic amines is 1. The van der Waals surface area contributed by atoms with Crippen molar-refractivity contribution in [2.24, 2.45) is 5.92 Å². The van der Waals surface area contributed by atoms with E-state index in [1.54, 1.807) is 13.8 Å². The Balaban J connectivity index is 2.53. The number of carbonyl (C=O) groups excluding carboxylic acids is 1. The van der Waals surface area contributed by atoms with Crippen LogP contribution in [0.25, 0.3) is 0 Å². The number of carbonyl (C=O) groups is 1. The van der Waals surface area contributed by atoms with Gasteiger partial charge in [0.1, 0.15) is 5.82 Å². The number of hydrogen-bond acceptors (Lipinski definition) is 7. The van der Waals surface area contributed by atoms with Crippen molar-refractivity contribution in [2.45, 2.75) is 51.6 Å². The Hall–Kier alpha value is -2.96. The van der Waals surface area contributed by atoms with Gasteiger partial charge in [0.25, 0.3) is 11.5 Å². The van der Waals surface area contributed by atoms with Gasteiger partial charge in [-0.1, -0.05) is 13.8 Å². The van der Waals surface area contributed by atoms with Gasteiger partial charge in [0.2, 0.25) is 10.0 Å². The van der Waals surface area contributed by atoms with Crippen LogP contribution in [-0.4, -0.2) is 50.2 Å². The molecule has 1 heterocycles. The maximum Gasteiger partial charge on any atom is 0.330 e. The molecule has 0 radical (unpaired) electrons. The van der Waals surface area contributed by atoms with Crippen molar-refractivity contribution in [1.29, 1.82) is 0 Å². The fourth-order valence-corrected chi connectivity index (χ4v) is 4.63. The number of nitrogens with one attached hydrogen (secondary N) is 2. The van der Waals surface area contributed by atoms with Crippen molar-refractivity contribution in [1.82, 2.24) is 14.3 Å². The van der Waals surface area contributed by atoms with Gasteiger partial charge in [0, 0.05) is 38.4 Å². The number of benzene rings is 1.